The van der Waals surface area contributed by atoms with Gasteiger partial charge in [0.1, 0.15) is 11.2 Å². The monoisotopic (exact) mass is 716 g/mol. The molecule has 0 fully saturated rings. The molecule has 5 heteroatoms. The number of hydrogen-bond acceptors (Lipinski definition) is 4. The Hall–Kier alpha value is -7.63. The summed E-state index contributed by atoms with van der Waals surface area (Å²) >= 11 is 0. The smallest absolute Gasteiger partial charge is 0.166 e. The van der Waals surface area contributed by atoms with Crippen molar-refractivity contribution in [3.05, 3.63) is 194 Å². The number of aromatic nitrogens is 4. The van der Waals surface area contributed by atoms with Crippen molar-refractivity contribution in [1.29, 1.82) is 0 Å². The van der Waals surface area contributed by atoms with E-state index in [4.69, 9.17) is 19.4 Å². The molecule has 11 rings (SSSR count). The molecule has 0 aliphatic heterocycles. The summed E-state index contributed by atoms with van der Waals surface area (Å²) in [6.45, 7) is 0. The second-order valence-corrected chi connectivity index (χ2v) is 14.0. The van der Waals surface area contributed by atoms with Gasteiger partial charge in [-0.3, -0.25) is 0 Å². The first-order chi connectivity index (χ1) is 27.8. The van der Waals surface area contributed by atoms with Crippen LogP contribution in [-0.2, 0) is 0 Å². The summed E-state index contributed by atoms with van der Waals surface area (Å²) in [6.07, 6.45) is 0. The average molecular weight is 717 g/mol. The van der Waals surface area contributed by atoms with Crippen molar-refractivity contribution < 1.29 is 4.42 Å². The molecular formula is C51H32N4O. The Morgan fingerprint density at radius 1 is 0.339 bits per heavy atom. The summed E-state index contributed by atoms with van der Waals surface area (Å²) in [6, 6.07) is 67.4. The second-order valence-electron chi connectivity index (χ2n) is 14.0. The Kier molecular flexibility index (Phi) is 7.42. The quantitative estimate of drug-likeness (QED) is 0.172. The fourth-order valence-corrected chi connectivity index (χ4v) is 8.02. The van der Waals surface area contributed by atoms with Crippen molar-refractivity contribution >= 4 is 43.7 Å². The minimum atomic E-state index is 0.607. The van der Waals surface area contributed by atoms with Crippen LogP contribution in [0.4, 0.5) is 0 Å². The van der Waals surface area contributed by atoms with Gasteiger partial charge >= 0.3 is 0 Å². The molecule has 0 aliphatic carbocycles. The zero-order valence-electron chi connectivity index (χ0n) is 30.2. The lowest BCUT2D eigenvalue weighted by Crippen LogP contribution is -2.03. The standard InChI is InChI=1S/C51H32N4O/c1-3-14-33(15-4-1)34-26-28-36(29-27-34)50-52-49(35-16-5-2-6-17-35)53-51(54-50)42-20-8-11-24-45(42)55-44-23-10-7-18-39(44)43-32-37(30-31-46(43)55)38-21-13-22-41-40-19-9-12-25-47(40)56-48(38)41/h1-32H. The van der Waals surface area contributed by atoms with E-state index in [-0.39, 0.29) is 0 Å². The van der Waals surface area contributed by atoms with Gasteiger partial charge in [-0.1, -0.05) is 158 Å². The minimum absolute atomic E-state index is 0.607. The number of rotatable bonds is 6. The van der Waals surface area contributed by atoms with E-state index < -0.39 is 0 Å². The molecule has 0 saturated carbocycles. The Balaban J connectivity index is 1.09. The molecule has 11 aromatic rings. The predicted octanol–water partition coefficient (Wildman–Crippen LogP) is 13.2. The Bertz CT molecular complexity index is 3240. The van der Waals surface area contributed by atoms with Crippen molar-refractivity contribution in [2.75, 3.05) is 0 Å². The lowest BCUT2D eigenvalue weighted by molar-refractivity contribution is 0.670. The van der Waals surface area contributed by atoms with Gasteiger partial charge in [-0.25, -0.2) is 15.0 Å². The number of fused-ring (bicyclic) bond motifs is 6. The molecule has 0 saturated heterocycles. The van der Waals surface area contributed by atoms with Gasteiger partial charge < -0.3 is 8.98 Å². The SMILES string of the molecule is c1ccc(-c2ccc(-c3nc(-c4ccccc4)nc(-c4ccccc4-n4c5ccccc5c5cc(-c6cccc7c6oc6ccccc67)ccc54)n3)cc2)cc1. The fourth-order valence-electron chi connectivity index (χ4n) is 8.02. The van der Waals surface area contributed by atoms with E-state index in [1.807, 2.05) is 48.5 Å². The van der Waals surface area contributed by atoms with Crippen LogP contribution in [0, 0.1) is 0 Å². The summed E-state index contributed by atoms with van der Waals surface area (Å²) in [7, 11) is 0. The summed E-state index contributed by atoms with van der Waals surface area (Å²) in [5.74, 6) is 1.85. The summed E-state index contributed by atoms with van der Waals surface area (Å²) in [4.78, 5) is 15.4. The van der Waals surface area contributed by atoms with Gasteiger partial charge in [0.15, 0.2) is 17.5 Å². The second kappa shape index (κ2) is 13.0. The largest absolute Gasteiger partial charge is 0.455 e. The normalized spacial score (nSPS) is 11.6. The molecular weight excluding hydrogens is 685 g/mol. The number of nitrogens with zero attached hydrogens (tertiary/aromatic N) is 4. The van der Waals surface area contributed by atoms with Crippen LogP contribution in [0.1, 0.15) is 0 Å². The van der Waals surface area contributed by atoms with Gasteiger partial charge in [0, 0.05) is 43.8 Å². The Labute approximate surface area is 322 Å². The van der Waals surface area contributed by atoms with Crippen LogP contribution in [0.25, 0.3) is 106 Å². The van der Waals surface area contributed by atoms with Crippen molar-refractivity contribution in [3.63, 3.8) is 0 Å². The van der Waals surface area contributed by atoms with Gasteiger partial charge in [0.2, 0.25) is 0 Å². The molecule has 0 atom stereocenters. The van der Waals surface area contributed by atoms with Crippen LogP contribution >= 0.6 is 0 Å². The molecule has 5 nitrogen and oxygen atoms in total. The number of para-hydroxylation sites is 4. The number of furan rings is 1. The highest BCUT2D eigenvalue weighted by Crippen LogP contribution is 2.40. The Morgan fingerprint density at radius 2 is 0.875 bits per heavy atom. The average Bonchev–Trinajstić information content (AvgIpc) is 3.82. The van der Waals surface area contributed by atoms with Crippen molar-refractivity contribution in [3.8, 4) is 62.1 Å². The highest BCUT2D eigenvalue weighted by atomic mass is 16.3. The molecule has 8 aromatic carbocycles. The third-order valence-corrected chi connectivity index (χ3v) is 10.7. The van der Waals surface area contributed by atoms with Crippen LogP contribution in [0.3, 0.4) is 0 Å². The van der Waals surface area contributed by atoms with Crippen molar-refractivity contribution in [2.45, 2.75) is 0 Å². The third-order valence-electron chi connectivity index (χ3n) is 10.7. The van der Waals surface area contributed by atoms with E-state index in [0.29, 0.717) is 17.5 Å². The number of hydrogen-bond donors (Lipinski definition) is 0. The van der Waals surface area contributed by atoms with Crippen LogP contribution in [0.2, 0.25) is 0 Å². The molecule has 0 radical (unpaired) electrons. The fraction of sp³-hybridized carbons (Fsp3) is 0. The third kappa shape index (κ3) is 5.29. The summed E-state index contributed by atoms with van der Waals surface area (Å²) < 4.78 is 8.80. The maximum absolute atomic E-state index is 6.46. The molecule has 56 heavy (non-hydrogen) atoms. The first-order valence-electron chi connectivity index (χ1n) is 18.8. The number of benzene rings is 8. The molecule has 0 unspecified atom stereocenters. The zero-order valence-corrected chi connectivity index (χ0v) is 30.2. The highest BCUT2D eigenvalue weighted by Gasteiger charge is 2.20. The van der Waals surface area contributed by atoms with Crippen LogP contribution < -0.4 is 0 Å². The molecule has 0 bridgehead atoms. The van der Waals surface area contributed by atoms with Gasteiger partial charge in [-0.15, -0.1) is 0 Å². The van der Waals surface area contributed by atoms with E-state index in [1.54, 1.807) is 0 Å². The molecule has 0 N–H and O–H groups in total. The molecule has 262 valence electrons. The topological polar surface area (TPSA) is 56.7 Å². The lowest BCUT2D eigenvalue weighted by atomic mass is 10.0. The van der Waals surface area contributed by atoms with Crippen molar-refractivity contribution in [2.24, 2.45) is 0 Å². The summed E-state index contributed by atoms with van der Waals surface area (Å²) in [5.41, 5.74) is 12.2. The van der Waals surface area contributed by atoms with Crippen molar-refractivity contribution in [1.82, 2.24) is 19.5 Å². The van der Waals surface area contributed by atoms with Crippen LogP contribution in [0.15, 0.2) is 199 Å². The summed E-state index contributed by atoms with van der Waals surface area (Å²) in [5, 5.41) is 4.56. The van der Waals surface area contributed by atoms with E-state index in [2.05, 4.69) is 150 Å². The molecule has 0 amide bonds. The van der Waals surface area contributed by atoms with E-state index in [9.17, 15) is 0 Å². The van der Waals surface area contributed by atoms with Crippen LogP contribution in [-0.4, -0.2) is 19.5 Å². The first kappa shape index (κ1) is 31.9. The zero-order chi connectivity index (χ0) is 37.0. The predicted molar refractivity (Wildman–Crippen MR) is 229 cm³/mol. The maximum Gasteiger partial charge on any atom is 0.166 e. The highest BCUT2D eigenvalue weighted by molar-refractivity contribution is 6.13. The molecule has 0 spiro atoms. The van der Waals surface area contributed by atoms with E-state index in [0.717, 1.165) is 82.8 Å². The molecule has 3 aromatic heterocycles. The van der Waals surface area contributed by atoms with E-state index >= 15 is 0 Å². The van der Waals surface area contributed by atoms with E-state index in [1.165, 1.54) is 5.56 Å². The van der Waals surface area contributed by atoms with Gasteiger partial charge in [-0.2, -0.15) is 0 Å². The van der Waals surface area contributed by atoms with Crippen LogP contribution in [0.5, 0.6) is 0 Å². The van der Waals surface area contributed by atoms with Gasteiger partial charge in [0.05, 0.1) is 16.7 Å². The Morgan fingerprint density at radius 3 is 1.68 bits per heavy atom. The molecule has 3 heterocycles. The van der Waals surface area contributed by atoms with Gasteiger partial charge in [-0.05, 0) is 53.1 Å². The minimum Gasteiger partial charge on any atom is -0.455 e. The maximum atomic E-state index is 6.46. The first-order valence-corrected chi connectivity index (χ1v) is 18.8. The molecule has 0 aliphatic rings. The lowest BCUT2D eigenvalue weighted by Gasteiger charge is -2.15. The van der Waals surface area contributed by atoms with Gasteiger partial charge in [0.25, 0.3) is 0 Å².